The van der Waals surface area contributed by atoms with Crippen LogP contribution in [0.25, 0.3) is 0 Å². The van der Waals surface area contributed by atoms with Gasteiger partial charge in [0.2, 0.25) is 10.0 Å². The monoisotopic (exact) mass is 507 g/mol. The lowest BCUT2D eigenvalue weighted by atomic mass is 10.0. The lowest BCUT2D eigenvalue weighted by Crippen LogP contribution is -2.54. The molecule has 1 aliphatic heterocycles. The van der Waals surface area contributed by atoms with Crippen molar-refractivity contribution < 1.29 is 23.2 Å². The highest BCUT2D eigenvalue weighted by Crippen LogP contribution is 2.30. The first kappa shape index (κ1) is 26.7. The molecule has 34 heavy (non-hydrogen) atoms. The van der Waals surface area contributed by atoms with E-state index in [1.807, 2.05) is 31.2 Å². The van der Waals surface area contributed by atoms with Crippen LogP contribution in [-0.2, 0) is 19.6 Å². The second-order valence-corrected chi connectivity index (χ2v) is 11.7. The number of sulfonamides is 1. The van der Waals surface area contributed by atoms with E-state index in [0.717, 1.165) is 9.79 Å². The molecular formula is C24H33N3O5S2. The topological polar surface area (TPSA) is 99.2 Å². The highest BCUT2D eigenvalue weighted by atomic mass is 32.2. The second kappa shape index (κ2) is 12.1. The van der Waals surface area contributed by atoms with Gasteiger partial charge < -0.3 is 4.74 Å². The summed E-state index contributed by atoms with van der Waals surface area (Å²) in [5.41, 5.74) is 2.82. The Hall–Kier alpha value is -1.95. The molecule has 1 amide bonds. The minimum Gasteiger partial charge on any atom is -0.379 e. The van der Waals surface area contributed by atoms with E-state index in [9.17, 15) is 18.4 Å². The Bertz CT molecular complexity index is 1040. The molecular weight excluding hydrogens is 474 g/mol. The summed E-state index contributed by atoms with van der Waals surface area (Å²) in [6.45, 7) is 8.74. The minimum absolute atomic E-state index is 0.110. The van der Waals surface area contributed by atoms with Gasteiger partial charge in [-0.2, -0.15) is 4.31 Å². The maximum Gasteiger partial charge on any atom is 0.262 e. The van der Waals surface area contributed by atoms with Gasteiger partial charge in [0.05, 0.1) is 18.1 Å². The van der Waals surface area contributed by atoms with Crippen LogP contribution in [-0.4, -0.2) is 74.2 Å². The molecule has 0 saturated carbocycles. The Balaban J connectivity index is 1.84. The van der Waals surface area contributed by atoms with Crippen molar-refractivity contribution in [3.63, 3.8) is 0 Å². The zero-order valence-electron chi connectivity index (χ0n) is 19.8. The van der Waals surface area contributed by atoms with Gasteiger partial charge in [-0.05, 0) is 49.2 Å². The number of carbonyl (C=O) groups is 1. The van der Waals surface area contributed by atoms with Gasteiger partial charge in [0, 0.05) is 36.0 Å². The van der Waals surface area contributed by atoms with Crippen LogP contribution in [0.5, 0.6) is 0 Å². The zero-order chi connectivity index (χ0) is 24.7. The fourth-order valence-electron chi connectivity index (χ4n) is 3.86. The summed E-state index contributed by atoms with van der Waals surface area (Å²) in [6.07, 6.45) is 0. The quantitative estimate of drug-likeness (QED) is 0.377. The molecule has 0 aromatic heterocycles. The maximum absolute atomic E-state index is 13.7. The molecule has 1 saturated heterocycles. The summed E-state index contributed by atoms with van der Waals surface area (Å²) in [4.78, 5) is 16.7. The number of aryl methyl sites for hydroxylation is 1. The average molecular weight is 508 g/mol. The summed E-state index contributed by atoms with van der Waals surface area (Å²) < 4.78 is 34.0. The van der Waals surface area contributed by atoms with Crippen LogP contribution >= 0.6 is 11.8 Å². The van der Waals surface area contributed by atoms with E-state index in [-0.39, 0.29) is 17.4 Å². The minimum atomic E-state index is -4.00. The molecule has 186 valence electrons. The summed E-state index contributed by atoms with van der Waals surface area (Å²) in [7, 11) is -4.00. The lowest BCUT2D eigenvalue weighted by molar-refractivity contribution is -0.134. The number of nitrogens with one attached hydrogen (secondary N) is 1. The van der Waals surface area contributed by atoms with Gasteiger partial charge in [0.25, 0.3) is 5.91 Å². The molecule has 0 spiro atoms. The Morgan fingerprint density at radius 3 is 2.18 bits per heavy atom. The Labute approximate surface area is 206 Å². The lowest BCUT2D eigenvalue weighted by Gasteiger charge is -2.34. The van der Waals surface area contributed by atoms with Crippen LogP contribution < -0.4 is 5.48 Å². The molecule has 8 nitrogen and oxygen atoms in total. The van der Waals surface area contributed by atoms with Gasteiger partial charge in [0.1, 0.15) is 6.04 Å². The van der Waals surface area contributed by atoms with E-state index in [1.165, 1.54) is 9.87 Å². The zero-order valence-corrected chi connectivity index (χ0v) is 21.4. The number of carbonyl (C=O) groups excluding carboxylic acids is 1. The normalized spacial score (nSPS) is 16.1. The van der Waals surface area contributed by atoms with E-state index in [0.29, 0.717) is 32.8 Å². The van der Waals surface area contributed by atoms with Crippen LogP contribution in [0.1, 0.15) is 19.4 Å². The molecule has 10 heteroatoms. The van der Waals surface area contributed by atoms with E-state index in [2.05, 4.69) is 4.90 Å². The van der Waals surface area contributed by atoms with Crippen LogP contribution in [0, 0.1) is 12.8 Å². The SMILES string of the molecule is Cc1ccc(Sc2ccc(S(=O)(=O)N(CCN3CCOCC3)C(C(=O)NO)C(C)C)cc2)cc1. The van der Waals surface area contributed by atoms with E-state index < -0.39 is 22.0 Å². The molecule has 1 aliphatic rings. The molecule has 1 heterocycles. The Morgan fingerprint density at radius 2 is 1.65 bits per heavy atom. The molecule has 2 aromatic carbocycles. The number of nitrogens with zero attached hydrogens (tertiary/aromatic N) is 2. The average Bonchev–Trinajstić information content (AvgIpc) is 2.83. The largest absolute Gasteiger partial charge is 0.379 e. The van der Waals surface area contributed by atoms with Gasteiger partial charge in [-0.3, -0.25) is 14.9 Å². The number of hydrogen-bond donors (Lipinski definition) is 2. The number of morpholine rings is 1. The standard InChI is InChI=1S/C24H33N3O5S2/c1-18(2)23(24(28)25-29)27(13-12-26-14-16-32-17-15-26)34(30,31)22-10-8-21(9-11-22)33-20-6-4-19(3)5-7-20/h4-11,18,23,29H,12-17H2,1-3H3,(H,25,28). The smallest absolute Gasteiger partial charge is 0.262 e. The van der Waals surface area contributed by atoms with Crippen molar-refractivity contribution in [1.29, 1.82) is 0 Å². The van der Waals surface area contributed by atoms with Crippen LogP contribution in [0.3, 0.4) is 0 Å². The van der Waals surface area contributed by atoms with Crippen LogP contribution in [0.2, 0.25) is 0 Å². The molecule has 3 rings (SSSR count). The van der Waals surface area contributed by atoms with Gasteiger partial charge in [-0.25, -0.2) is 13.9 Å². The first-order chi connectivity index (χ1) is 16.2. The third-order valence-corrected chi connectivity index (χ3v) is 8.66. The van der Waals surface area contributed by atoms with Gasteiger partial charge in [-0.1, -0.05) is 43.3 Å². The summed E-state index contributed by atoms with van der Waals surface area (Å²) in [5, 5.41) is 9.30. The summed E-state index contributed by atoms with van der Waals surface area (Å²) >= 11 is 1.55. The van der Waals surface area contributed by atoms with Crippen molar-refractivity contribution in [3.8, 4) is 0 Å². The maximum atomic E-state index is 13.7. The summed E-state index contributed by atoms with van der Waals surface area (Å²) in [6, 6.07) is 13.8. The first-order valence-electron chi connectivity index (χ1n) is 11.3. The van der Waals surface area contributed by atoms with E-state index >= 15 is 0 Å². The number of hydroxylamine groups is 1. The molecule has 1 fully saturated rings. The van der Waals surface area contributed by atoms with Crippen molar-refractivity contribution in [1.82, 2.24) is 14.7 Å². The third kappa shape index (κ3) is 6.80. The number of ether oxygens (including phenoxy) is 1. The third-order valence-electron chi connectivity index (χ3n) is 5.75. The highest BCUT2D eigenvalue weighted by Gasteiger charge is 2.38. The molecule has 1 unspecified atom stereocenters. The summed E-state index contributed by atoms with van der Waals surface area (Å²) in [5.74, 6) is -1.09. The van der Waals surface area contributed by atoms with Gasteiger partial charge >= 0.3 is 0 Å². The van der Waals surface area contributed by atoms with E-state index in [4.69, 9.17) is 4.74 Å². The van der Waals surface area contributed by atoms with Crippen molar-refractivity contribution in [2.75, 3.05) is 39.4 Å². The Morgan fingerprint density at radius 1 is 1.09 bits per heavy atom. The highest BCUT2D eigenvalue weighted by molar-refractivity contribution is 7.99. The molecule has 1 atom stereocenters. The number of amides is 1. The predicted molar refractivity (Wildman–Crippen MR) is 131 cm³/mol. The molecule has 2 N–H and O–H groups in total. The predicted octanol–water partition coefficient (Wildman–Crippen LogP) is 3.00. The fourth-order valence-corrected chi connectivity index (χ4v) is 6.39. The van der Waals surface area contributed by atoms with Crippen molar-refractivity contribution in [2.24, 2.45) is 5.92 Å². The van der Waals surface area contributed by atoms with Crippen molar-refractivity contribution >= 4 is 27.7 Å². The van der Waals surface area contributed by atoms with Crippen molar-refractivity contribution in [2.45, 2.75) is 41.5 Å². The molecule has 2 aromatic rings. The molecule has 0 aliphatic carbocycles. The van der Waals surface area contributed by atoms with Crippen molar-refractivity contribution in [3.05, 3.63) is 54.1 Å². The van der Waals surface area contributed by atoms with Gasteiger partial charge in [-0.15, -0.1) is 0 Å². The molecule has 0 bridgehead atoms. The van der Waals surface area contributed by atoms with Crippen LogP contribution in [0.4, 0.5) is 0 Å². The number of hydrogen-bond acceptors (Lipinski definition) is 7. The fraction of sp³-hybridized carbons (Fsp3) is 0.458. The first-order valence-corrected chi connectivity index (χ1v) is 13.6. The van der Waals surface area contributed by atoms with Gasteiger partial charge in [0.15, 0.2) is 0 Å². The Kier molecular flexibility index (Phi) is 9.52. The van der Waals surface area contributed by atoms with Crippen LogP contribution in [0.15, 0.2) is 63.2 Å². The van der Waals surface area contributed by atoms with E-state index in [1.54, 1.807) is 55.4 Å². The molecule has 0 radical (unpaired) electrons. The number of benzene rings is 2. The second-order valence-electron chi connectivity index (χ2n) is 8.62. The number of rotatable bonds is 10.